The zero-order valence-electron chi connectivity index (χ0n) is 21.8. The summed E-state index contributed by atoms with van der Waals surface area (Å²) in [5.74, 6) is -0.348. The summed E-state index contributed by atoms with van der Waals surface area (Å²) in [5, 5.41) is 2.91. The fourth-order valence-corrected chi connectivity index (χ4v) is 6.17. The molecule has 4 rings (SSSR count). The third-order valence-electron chi connectivity index (χ3n) is 6.90. The van der Waals surface area contributed by atoms with Gasteiger partial charge in [0, 0.05) is 13.1 Å². The SMILES string of the molecule is CCc1ccccc1N(CC(=O)NCc1ccc(CN2CCCCC2)cc1)S(=O)(=O)c1ccc(C)cc1. The van der Waals surface area contributed by atoms with Gasteiger partial charge in [0.15, 0.2) is 0 Å². The quantitative estimate of drug-likeness (QED) is 0.407. The maximum Gasteiger partial charge on any atom is 0.264 e. The molecule has 3 aromatic carbocycles. The normalized spacial score (nSPS) is 14.3. The largest absolute Gasteiger partial charge is 0.350 e. The van der Waals surface area contributed by atoms with Gasteiger partial charge < -0.3 is 5.32 Å². The van der Waals surface area contributed by atoms with Crippen LogP contribution < -0.4 is 9.62 Å². The van der Waals surface area contributed by atoms with Crippen LogP contribution in [0.15, 0.2) is 77.7 Å². The second-order valence-corrected chi connectivity index (χ2v) is 11.6. The third-order valence-corrected chi connectivity index (χ3v) is 8.68. The van der Waals surface area contributed by atoms with E-state index in [4.69, 9.17) is 0 Å². The molecule has 1 aliphatic heterocycles. The lowest BCUT2D eigenvalue weighted by Crippen LogP contribution is -2.41. The molecule has 0 unspecified atom stereocenters. The van der Waals surface area contributed by atoms with Gasteiger partial charge in [-0.05, 0) is 74.2 Å². The molecular formula is C30H37N3O3S. The number of carbonyl (C=O) groups excluding carboxylic acids is 1. The average Bonchev–Trinajstić information content (AvgIpc) is 2.92. The number of likely N-dealkylation sites (tertiary alicyclic amines) is 1. The highest BCUT2D eigenvalue weighted by atomic mass is 32.2. The van der Waals surface area contributed by atoms with Gasteiger partial charge in [0.2, 0.25) is 5.91 Å². The fourth-order valence-electron chi connectivity index (χ4n) is 4.72. The Hall–Kier alpha value is -3.16. The van der Waals surface area contributed by atoms with Gasteiger partial charge >= 0.3 is 0 Å². The molecular weight excluding hydrogens is 482 g/mol. The molecule has 0 radical (unpaired) electrons. The lowest BCUT2D eigenvalue weighted by Gasteiger charge is -2.26. The Balaban J connectivity index is 1.46. The third kappa shape index (κ3) is 6.99. The van der Waals surface area contributed by atoms with E-state index in [-0.39, 0.29) is 17.3 Å². The first kappa shape index (κ1) is 26.9. The molecule has 0 aliphatic carbocycles. The van der Waals surface area contributed by atoms with Crippen molar-refractivity contribution in [3.8, 4) is 0 Å². The predicted molar refractivity (Wildman–Crippen MR) is 149 cm³/mol. The molecule has 1 amide bonds. The second-order valence-electron chi connectivity index (χ2n) is 9.74. The van der Waals surface area contributed by atoms with Crippen molar-refractivity contribution in [3.05, 3.63) is 95.1 Å². The molecule has 3 aromatic rings. The molecule has 37 heavy (non-hydrogen) atoms. The summed E-state index contributed by atoms with van der Waals surface area (Å²) in [6.45, 7) is 7.20. The van der Waals surface area contributed by atoms with Crippen LogP contribution in [0.25, 0.3) is 0 Å². The van der Waals surface area contributed by atoms with E-state index < -0.39 is 10.0 Å². The van der Waals surface area contributed by atoms with Crippen molar-refractivity contribution in [3.63, 3.8) is 0 Å². The van der Waals surface area contributed by atoms with E-state index in [0.29, 0.717) is 18.7 Å². The van der Waals surface area contributed by atoms with Gasteiger partial charge in [-0.1, -0.05) is 73.5 Å². The van der Waals surface area contributed by atoms with E-state index in [1.165, 1.54) is 29.1 Å². The number of hydrogen-bond acceptors (Lipinski definition) is 4. The first-order valence-electron chi connectivity index (χ1n) is 13.1. The number of rotatable bonds is 10. The lowest BCUT2D eigenvalue weighted by molar-refractivity contribution is -0.119. The second kappa shape index (κ2) is 12.4. The van der Waals surface area contributed by atoms with Crippen LogP contribution in [0.3, 0.4) is 0 Å². The van der Waals surface area contributed by atoms with Crippen molar-refractivity contribution in [2.45, 2.75) is 57.5 Å². The Labute approximate surface area is 221 Å². The number of nitrogens with zero attached hydrogens (tertiary/aromatic N) is 2. The lowest BCUT2D eigenvalue weighted by atomic mass is 10.1. The summed E-state index contributed by atoms with van der Waals surface area (Å²) in [4.78, 5) is 15.7. The average molecular weight is 520 g/mol. The number of sulfonamides is 1. The highest BCUT2D eigenvalue weighted by molar-refractivity contribution is 7.92. The van der Waals surface area contributed by atoms with Crippen molar-refractivity contribution in [2.24, 2.45) is 0 Å². The Morgan fingerprint density at radius 1 is 0.892 bits per heavy atom. The zero-order valence-corrected chi connectivity index (χ0v) is 22.6. The number of para-hydroxylation sites is 1. The van der Waals surface area contributed by atoms with Gasteiger partial charge in [-0.3, -0.25) is 14.0 Å². The highest BCUT2D eigenvalue weighted by Gasteiger charge is 2.28. The Morgan fingerprint density at radius 2 is 1.54 bits per heavy atom. The molecule has 7 heteroatoms. The van der Waals surface area contributed by atoms with Crippen LogP contribution in [0.5, 0.6) is 0 Å². The maximum absolute atomic E-state index is 13.7. The van der Waals surface area contributed by atoms with Crippen molar-refractivity contribution >= 4 is 21.6 Å². The first-order chi connectivity index (χ1) is 17.9. The van der Waals surface area contributed by atoms with Crippen LogP contribution >= 0.6 is 0 Å². The molecule has 0 bridgehead atoms. The monoisotopic (exact) mass is 519 g/mol. The number of hydrogen-bond donors (Lipinski definition) is 1. The van der Waals surface area contributed by atoms with Crippen LogP contribution in [-0.4, -0.2) is 38.9 Å². The van der Waals surface area contributed by atoms with Crippen LogP contribution in [0.2, 0.25) is 0 Å². The van der Waals surface area contributed by atoms with Crippen molar-refractivity contribution in [1.82, 2.24) is 10.2 Å². The summed E-state index contributed by atoms with van der Waals surface area (Å²) >= 11 is 0. The Morgan fingerprint density at radius 3 is 2.22 bits per heavy atom. The maximum atomic E-state index is 13.7. The number of nitrogens with one attached hydrogen (secondary N) is 1. The minimum atomic E-state index is -3.93. The van der Waals surface area contributed by atoms with E-state index in [1.54, 1.807) is 36.4 Å². The van der Waals surface area contributed by atoms with Gasteiger partial charge in [-0.15, -0.1) is 0 Å². The number of anilines is 1. The fraction of sp³-hybridized carbons (Fsp3) is 0.367. The molecule has 6 nitrogen and oxygen atoms in total. The minimum absolute atomic E-state index is 0.168. The number of piperidine rings is 1. The van der Waals surface area contributed by atoms with Crippen molar-refractivity contribution in [2.75, 3.05) is 23.9 Å². The van der Waals surface area contributed by atoms with Gasteiger partial charge in [-0.2, -0.15) is 0 Å². The van der Waals surface area contributed by atoms with Crippen molar-refractivity contribution in [1.29, 1.82) is 0 Å². The number of carbonyl (C=O) groups is 1. The standard InChI is InChI=1S/C30H37N3O3S/c1-3-27-9-5-6-10-29(27)33(37(35,36)28-17-11-24(2)12-18-28)23-30(34)31-21-25-13-15-26(16-14-25)22-32-19-7-4-8-20-32/h5-6,9-18H,3-4,7-8,19-23H2,1-2H3,(H,31,34). The summed E-state index contributed by atoms with van der Waals surface area (Å²) in [6, 6.07) is 22.4. The topological polar surface area (TPSA) is 69.7 Å². The summed E-state index contributed by atoms with van der Waals surface area (Å²) in [5.41, 5.74) is 4.62. The molecule has 1 saturated heterocycles. The molecule has 1 aliphatic rings. The van der Waals surface area contributed by atoms with E-state index in [9.17, 15) is 13.2 Å². The van der Waals surface area contributed by atoms with Crippen LogP contribution in [0.1, 0.15) is 48.4 Å². The molecule has 0 aromatic heterocycles. The molecule has 196 valence electrons. The van der Waals surface area contributed by atoms with Gasteiger partial charge in [0.05, 0.1) is 10.6 Å². The van der Waals surface area contributed by atoms with E-state index in [2.05, 4.69) is 22.3 Å². The van der Waals surface area contributed by atoms with Crippen LogP contribution in [0.4, 0.5) is 5.69 Å². The minimum Gasteiger partial charge on any atom is -0.350 e. The number of benzene rings is 3. The summed E-state index contributed by atoms with van der Waals surface area (Å²) < 4.78 is 28.6. The predicted octanol–water partition coefficient (Wildman–Crippen LogP) is 5.06. The molecule has 0 spiro atoms. The van der Waals surface area contributed by atoms with Gasteiger partial charge in [-0.25, -0.2) is 8.42 Å². The smallest absolute Gasteiger partial charge is 0.264 e. The molecule has 1 fully saturated rings. The summed E-state index contributed by atoms with van der Waals surface area (Å²) in [7, 11) is -3.93. The van der Waals surface area contributed by atoms with Crippen LogP contribution in [-0.2, 0) is 34.3 Å². The zero-order chi connectivity index (χ0) is 26.3. The molecule has 0 atom stereocenters. The van der Waals surface area contributed by atoms with Gasteiger partial charge in [0.25, 0.3) is 10.0 Å². The molecule has 1 heterocycles. The number of amides is 1. The Bertz CT molecular complexity index is 1280. The molecule has 1 N–H and O–H groups in total. The van der Waals surface area contributed by atoms with Gasteiger partial charge in [0.1, 0.15) is 6.54 Å². The van der Waals surface area contributed by atoms with E-state index in [1.807, 2.05) is 38.1 Å². The van der Waals surface area contributed by atoms with E-state index in [0.717, 1.165) is 36.3 Å². The summed E-state index contributed by atoms with van der Waals surface area (Å²) in [6.07, 6.45) is 4.51. The molecule has 0 saturated carbocycles. The highest BCUT2D eigenvalue weighted by Crippen LogP contribution is 2.27. The van der Waals surface area contributed by atoms with E-state index >= 15 is 0 Å². The first-order valence-corrected chi connectivity index (χ1v) is 14.5. The number of aryl methyl sites for hydroxylation is 2. The van der Waals surface area contributed by atoms with Crippen LogP contribution in [0, 0.1) is 6.92 Å². The Kier molecular flexibility index (Phi) is 9.00. The van der Waals surface area contributed by atoms with Crippen molar-refractivity contribution < 1.29 is 13.2 Å².